The Morgan fingerprint density at radius 1 is 1.25 bits per heavy atom. The Morgan fingerprint density at radius 2 is 2.10 bits per heavy atom. The van der Waals surface area contributed by atoms with Gasteiger partial charge in [-0.15, -0.1) is 0 Å². The van der Waals surface area contributed by atoms with Crippen molar-refractivity contribution in [3.05, 3.63) is 46.7 Å². The van der Waals surface area contributed by atoms with Crippen LogP contribution in [0.4, 0.5) is 5.13 Å². The van der Waals surface area contributed by atoms with Gasteiger partial charge >= 0.3 is 0 Å². The predicted octanol–water partition coefficient (Wildman–Crippen LogP) is 4.07. The van der Waals surface area contributed by atoms with Gasteiger partial charge < -0.3 is 10.2 Å². The fourth-order valence-corrected chi connectivity index (χ4v) is 3.77. The summed E-state index contributed by atoms with van der Waals surface area (Å²) < 4.78 is 1.23. The van der Waals surface area contributed by atoms with Crippen LogP contribution in [0.15, 0.2) is 41.1 Å². The van der Waals surface area contributed by atoms with Crippen LogP contribution in [0.25, 0.3) is 10.2 Å². The number of hydrogen-bond acceptors (Lipinski definition) is 5. The van der Waals surface area contributed by atoms with Crippen LogP contribution in [0, 0.1) is 0 Å². The lowest BCUT2D eigenvalue weighted by molar-refractivity contribution is 0.312. The van der Waals surface area contributed by atoms with Crippen molar-refractivity contribution in [2.75, 3.05) is 26.0 Å². The minimum atomic E-state index is 0.369. The van der Waals surface area contributed by atoms with E-state index in [-0.39, 0.29) is 0 Å². The second kappa shape index (κ2) is 5.91. The summed E-state index contributed by atoms with van der Waals surface area (Å²) in [6.07, 6.45) is 0. The molecule has 0 aliphatic carbocycles. The number of aromatic nitrogens is 1. The second-order valence-corrected chi connectivity index (χ2v) is 6.71. The lowest BCUT2D eigenvalue weighted by Crippen LogP contribution is -2.26. The monoisotopic (exact) mass is 303 g/mol. The number of thiazole rings is 1. The first-order chi connectivity index (χ1) is 9.74. The van der Waals surface area contributed by atoms with Crippen LogP contribution in [0.5, 0.6) is 0 Å². The third kappa shape index (κ3) is 2.85. The van der Waals surface area contributed by atoms with Crippen molar-refractivity contribution >= 4 is 38.0 Å². The van der Waals surface area contributed by atoms with E-state index in [1.807, 2.05) is 6.07 Å². The summed E-state index contributed by atoms with van der Waals surface area (Å²) in [6.45, 7) is 0.865. The Balaban J connectivity index is 1.74. The molecule has 0 unspecified atom stereocenters. The fraction of sp³-hybridized carbons (Fsp3) is 0.267. The summed E-state index contributed by atoms with van der Waals surface area (Å²) >= 11 is 3.45. The van der Waals surface area contributed by atoms with E-state index in [0.717, 1.165) is 17.2 Å². The molecule has 3 rings (SSSR count). The third-order valence-corrected chi connectivity index (χ3v) is 4.99. The molecule has 5 heteroatoms. The molecule has 0 aliphatic heterocycles. The molecule has 0 aliphatic rings. The molecular formula is C15H17N3S2. The smallest absolute Gasteiger partial charge is 0.183 e. The number of thiophene rings is 1. The van der Waals surface area contributed by atoms with Crippen molar-refractivity contribution in [2.45, 2.75) is 6.04 Å². The molecule has 2 heterocycles. The normalized spacial score (nSPS) is 12.9. The number of rotatable bonds is 5. The first-order valence-electron chi connectivity index (χ1n) is 6.52. The van der Waals surface area contributed by atoms with Crippen LogP contribution in [0.1, 0.15) is 11.6 Å². The first-order valence-corrected chi connectivity index (χ1v) is 8.28. The molecule has 2 aromatic heterocycles. The molecule has 0 saturated carbocycles. The summed E-state index contributed by atoms with van der Waals surface area (Å²) in [5.41, 5.74) is 2.42. The van der Waals surface area contributed by atoms with Gasteiger partial charge in [-0.1, -0.05) is 23.5 Å². The summed E-state index contributed by atoms with van der Waals surface area (Å²) in [5, 5.41) is 8.81. The second-order valence-electron chi connectivity index (χ2n) is 4.90. The van der Waals surface area contributed by atoms with Crippen LogP contribution in [0.2, 0.25) is 0 Å². The van der Waals surface area contributed by atoms with Crippen LogP contribution >= 0.6 is 22.7 Å². The van der Waals surface area contributed by atoms with E-state index in [0.29, 0.717) is 6.04 Å². The molecule has 0 spiro atoms. The van der Waals surface area contributed by atoms with Gasteiger partial charge in [0, 0.05) is 6.54 Å². The first kappa shape index (κ1) is 13.5. The van der Waals surface area contributed by atoms with E-state index >= 15 is 0 Å². The quantitative estimate of drug-likeness (QED) is 0.770. The largest absolute Gasteiger partial charge is 0.360 e. The maximum absolute atomic E-state index is 4.62. The zero-order chi connectivity index (χ0) is 13.9. The van der Waals surface area contributed by atoms with Gasteiger partial charge in [0.2, 0.25) is 0 Å². The molecule has 3 aromatic rings. The SMILES string of the molecule is CN(C)[C@@H](CNc1nc2ccccc2s1)c1ccsc1. The summed E-state index contributed by atoms with van der Waals surface area (Å²) in [6, 6.07) is 10.8. The van der Waals surface area contributed by atoms with Gasteiger partial charge in [-0.2, -0.15) is 11.3 Å². The molecule has 104 valence electrons. The number of fused-ring (bicyclic) bond motifs is 1. The highest BCUT2D eigenvalue weighted by molar-refractivity contribution is 7.22. The number of para-hydroxylation sites is 1. The highest BCUT2D eigenvalue weighted by Gasteiger charge is 2.15. The molecule has 1 N–H and O–H groups in total. The van der Waals surface area contributed by atoms with Crippen molar-refractivity contribution in [1.82, 2.24) is 9.88 Å². The Kier molecular flexibility index (Phi) is 4.00. The topological polar surface area (TPSA) is 28.2 Å². The average molecular weight is 303 g/mol. The molecular weight excluding hydrogens is 286 g/mol. The maximum Gasteiger partial charge on any atom is 0.183 e. The summed E-state index contributed by atoms with van der Waals surface area (Å²) in [7, 11) is 4.23. The van der Waals surface area contributed by atoms with Crippen molar-refractivity contribution < 1.29 is 0 Å². The zero-order valence-electron chi connectivity index (χ0n) is 11.5. The number of nitrogens with zero attached hydrogens (tertiary/aromatic N) is 2. The van der Waals surface area contributed by atoms with Gasteiger partial charge in [-0.3, -0.25) is 0 Å². The number of nitrogens with one attached hydrogen (secondary N) is 1. The van der Waals surface area contributed by atoms with E-state index < -0.39 is 0 Å². The number of benzene rings is 1. The lowest BCUT2D eigenvalue weighted by Gasteiger charge is -2.23. The molecule has 20 heavy (non-hydrogen) atoms. The Morgan fingerprint density at radius 3 is 2.80 bits per heavy atom. The molecule has 0 fully saturated rings. The van der Waals surface area contributed by atoms with Gasteiger partial charge in [-0.05, 0) is 48.6 Å². The van der Waals surface area contributed by atoms with Crippen molar-refractivity contribution in [3.63, 3.8) is 0 Å². The molecule has 0 radical (unpaired) electrons. The molecule has 0 saturated heterocycles. The number of hydrogen-bond donors (Lipinski definition) is 1. The third-order valence-electron chi connectivity index (χ3n) is 3.29. The standard InChI is InChI=1S/C15H17N3S2/c1-18(2)13(11-7-8-19-10-11)9-16-15-17-12-5-3-4-6-14(12)20-15/h3-8,10,13H,9H2,1-2H3,(H,16,17)/t13-/m0/s1. The summed E-state index contributed by atoms with van der Waals surface area (Å²) in [5.74, 6) is 0. The number of likely N-dealkylation sites (N-methyl/N-ethyl adjacent to an activating group) is 1. The minimum absolute atomic E-state index is 0.369. The van der Waals surface area contributed by atoms with E-state index in [1.54, 1.807) is 22.7 Å². The molecule has 1 aromatic carbocycles. The van der Waals surface area contributed by atoms with Crippen LogP contribution in [-0.2, 0) is 0 Å². The van der Waals surface area contributed by atoms with Gasteiger partial charge in [-0.25, -0.2) is 4.98 Å². The van der Waals surface area contributed by atoms with Gasteiger partial charge in [0.25, 0.3) is 0 Å². The predicted molar refractivity (Wildman–Crippen MR) is 88.9 cm³/mol. The Hall–Kier alpha value is -1.43. The van der Waals surface area contributed by atoms with E-state index in [4.69, 9.17) is 0 Å². The Labute approximate surface area is 126 Å². The average Bonchev–Trinajstić information content (AvgIpc) is 3.06. The van der Waals surface area contributed by atoms with E-state index in [1.165, 1.54) is 10.3 Å². The number of anilines is 1. The molecule has 0 bridgehead atoms. The molecule has 0 amide bonds. The van der Waals surface area contributed by atoms with Crippen molar-refractivity contribution in [3.8, 4) is 0 Å². The lowest BCUT2D eigenvalue weighted by atomic mass is 10.1. The van der Waals surface area contributed by atoms with E-state index in [9.17, 15) is 0 Å². The van der Waals surface area contributed by atoms with Gasteiger partial charge in [0.05, 0.1) is 16.3 Å². The highest BCUT2D eigenvalue weighted by Crippen LogP contribution is 2.27. The summed E-state index contributed by atoms with van der Waals surface area (Å²) in [4.78, 5) is 6.86. The molecule has 3 nitrogen and oxygen atoms in total. The van der Waals surface area contributed by atoms with Crippen LogP contribution in [-0.4, -0.2) is 30.5 Å². The van der Waals surface area contributed by atoms with Gasteiger partial charge in [0.15, 0.2) is 5.13 Å². The van der Waals surface area contributed by atoms with Crippen molar-refractivity contribution in [2.24, 2.45) is 0 Å². The Bertz CT molecular complexity index is 640. The van der Waals surface area contributed by atoms with Crippen LogP contribution in [0.3, 0.4) is 0 Å². The molecule has 1 atom stereocenters. The van der Waals surface area contributed by atoms with Crippen molar-refractivity contribution in [1.29, 1.82) is 0 Å². The maximum atomic E-state index is 4.62. The highest BCUT2D eigenvalue weighted by atomic mass is 32.1. The van der Waals surface area contributed by atoms with E-state index in [2.05, 4.69) is 64.3 Å². The zero-order valence-corrected chi connectivity index (χ0v) is 13.2. The van der Waals surface area contributed by atoms with Gasteiger partial charge in [0.1, 0.15) is 0 Å². The fourth-order valence-electron chi connectivity index (χ4n) is 2.19. The van der Waals surface area contributed by atoms with Crippen LogP contribution < -0.4 is 5.32 Å². The minimum Gasteiger partial charge on any atom is -0.360 e.